The molecule has 3 heteroatoms. The van der Waals surface area contributed by atoms with Gasteiger partial charge in [-0.1, -0.05) is 6.08 Å². The summed E-state index contributed by atoms with van der Waals surface area (Å²) in [5, 5.41) is 17.4. The van der Waals surface area contributed by atoms with Gasteiger partial charge in [0.1, 0.15) is 0 Å². The highest BCUT2D eigenvalue weighted by molar-refractivity contribution is 5.18. The molecule has 0 amide bonds. The minimum absolute atomic E-state index is 0.177. The van der Waals surface area contributed by atoms with Crippen molar-refractivity contribution in [2.75, 3.05) is 26.3 Å². The first-order valence-corrected chi connectivity index (χ1v) is 4.19. The fraction of sp³-hybridized carbons (Fsp3) is 0.556. The van der Waals surface area contributed by atoms with Crippen molar-refractivity contribution in [3.63, 3.8) is 0 Å². The van der Waals surface area contributed by atoms with Crippen LogP contribution in [0.2, 0.25) is 0 Å². The van der Waals surface area contributed by atoms with Gasteiger partial charge in [0.05, 0.1) is 6.61 Å². The third-order valence-corrected chi connectivity index (χ3v) is 1.86. The van der Waals surface area contributed by atoms with Crippen LogP contribution in [0.5, 0.6) is 0 Å². The average Bonchev–Trinajstić information content (AvgIpc) is 2.06. The van der Waals surface area contributed by atoms with Crippen molar-refractivity contribution in [3.05, 3.63) is 23.9 Å². The van der Waals surface area contributed by atoms with Crippen LogP contribution in [0.3, 0.4) is 0 Å². The van der Waals surface area contributed by atoms with Crippen LogP contribution in [0.25, 0.3) is 0 Å². The fourth-order valence-electron chi connectivity index (χ4n) is 1.26. The van der Waals surface area contributed by atoms with Gasteiger partial charge < -0.3 is 15.1 Å². The number of allylic oxidation sites excluding steroid dienone is 2. The van der Waals surface area contributed by atoms with E-state index in [0.717, 1.165) is 13.0 Å². The van der Waals surface area contributed by atoms with Crippen molar-refractivity contribution in [2.45, 2.75) is 6.42 Å². The molecule has 3 nitrogen and oxygen atoms in total. The van der Waals surface area contributed by atoms with Crippen LogP contribution >= 0.6 is 0 Å². The predicted molar refractivity (Wildman–Crippen MR) is 47.6 cm³/mol. The molecule has 0 aromatic carbocycles. The summed E-state index contributed by atoms with van der Waals surface area (Å²) in [6.45, 7) is 1.88. The normalized spacial score (nSPS) is 16.5. The van der Waals surface area contributed by atoms with Crippen LogP contribution < -0.4 is 0 Å². The molecule has 0 saturated carbocycles. The molecule has 0 saturated heterocycles. The molecule has 0 bridgehead atoms. The first-order valence-electron chi connectivity index (χ1n) is 4.19. The molecule has 1 rings (SSSR count). The van der Waals surface area contributed by atoms with E-state index >= 15 is 0 Å². The molecule has 68 valence electrons. The number of aliphatic hydroxyl groups is 2. The van der Waals surface area contributed by atoms with Crippen LogP contribution in [0.15, 0.2) is 23.9 Å². The van der Waals surface area contributed by atoms with E-state index in [1.54, 1.807) is 0 Å². The van der Waals surface area contributed by atoms with E-state index in [0.29, 0.717) is 6.54 Å². The monoisotopic (exact) mass is 169 g/mol. The van der Waals surface area contributed by atoms with Crippen molar-refractivity contribution < 1.29 is 10.2 Å². The van der Waals surface area contributed by atoms with Crippen molar-refractivity contribution in [3.8, 4) is 0 Å². The lowest BCUT2D eigenvalue weighted by atomic mass is 10.1. The summed E-state index contributed by atoms with van der Waals surface area (Å²) < 4.78 is 0. The van der Waals surface area contributed by atoms with E-state index in [-0.39, 0.29) is 13.2 Å². The smallest absolute Gasteiger partial charge is 0.0606 e. The second-order valence-corrected chi connectivity index (χ2v) is 2.83. The van der Waals surface area contributed by atoms with E-state index in [4.69, 9.17) is 10.2 Å². The first-order chi connectivity index (χ1) is 5.86. The summed E-state index contributed by atoms with van der Waals surface area (Å²) in [5.74, 6) is 0. The van der Waals surface area contributed by atoms with Crippen LogP contribution in [0.1, 0.15) is 6.42 Å². The van der Waals surface area contributed by atoms with E-state index in [9.17, 15) is 0 Å². The Morgan fingerprint density at radius 2 is 2.17 bits per heavy atom. The zero-order chi connectivity index (χ0) is 8.81. The molecule has 0 aromatic heterocycles. The van der Waals surface area contributed by atoms with E-state index < -0.39 is 0 Å². The molecule has 0 unspecified atom stereocenters. The number of nitrogens with zero attached hydrogens (tertiary/aromatic N) is 1. The summed E-state index contributed by atoms with van der Waals surface area (Å²) >= 11 is 0. The van der Waals surface area contributed by atoms with Crippen molar-refractivity contribution in [1.29, 1.82) is 0 Å². The molecule has 0 fully saturated rings. The molecule has 1 heterocycles. The molecule has 0 radical (unpaired) electrons. The number of aliphatic hydroxyl groups excluding tert-OH is 2. The zero-order valence-electron chi connectivity index (χ0n) is 7.11. The maximum absolute atomic E-state index is 8.70. The first kappa shape index (κ1) is 9.29. The van der Waals surface area contributed by atoms with Gasteiger partial charge in [-0.3, -0.25) is 0 Å². The Bertz CT molecular complexity index is 187. The molecule has 1 aliphatic rings. The number of hydrogen-bond donors (Lipinski definition) is 2. The van der Waals surface area contributed by atoms with Gasteiger partial charge in [-0.15, -0.1) is 0 Å². The minimum atomic E-state index is 0.177. The molecular weight excluding hydrogens is 154 g/mol. The highest BCUT2D eigenvalue weighted by Gasteiger charge is 2.05. The summed E-state index contributed by atoms with van der Waals surface area (Å²) in [6.07, 6.45) is 6.65. The fourth-order valence-corrected chi connectivity index (χ4v) is 1.26. The Kier molecular flexibility index (Phi) is 3.84. The Labute approximate surface area is 72.6 Å². The third-order valence-electron chi connectivity index (χ3n) is 1.86. The Morgan fingerprint density at radius 1 is 1.33 bits per heavy atom. The SMILES string of the molecule is OCCC1=CC=CN(CCO)C1. The molecule has 1 aliphatic heterocycles. The largest absolute Gasteiger partial charge is 0.396 e. The summed E-state index contributed by atoms with van der Waals surface area (Å²) in [6, 6.07) is 0. The van der Waals surface area contributed by atoms with E-state index in [1.165, 1.54) is 5.57 Å². The molecule has 0 spiro atoms. The highest BCUT2D eigenvalue weighted by atomic mass is 16.3. The summed E-state index contributed by atoms with van der Waals surface area (Å²) in [4.78, 5) is 2.03. The lowest BCUT2D eigenvalue weighted by molar-refractivity contribution is 0.239. The van der Waals surface area contributed by atoms with Crippen molar-refractivity contribution in [2.24, 2.45) is 0 Å². The van der Waals surface area contributed by atoms with E-state index in [2.05, 4.69) is 0 Å². The topological polar surface area (TPSA) is 43.7 Å². The second kappa shape index (κ2) is 4.95. The highest BCUT2D eigenvalue weighted by Crippen LogP contribution is 2.09. The lowest BCUT2D eigenvalue weighted by Crippen LogP contribution is -2.25. The molecule has 0 aliphatic carbocycles. The average molecular weight is 169 g/mol. The van der Waals surface area contributed by atoms with Crippen LogP contribution in [-0.4, -0.2) is 41.4 Å². The Hall–Kier alpha value is -0.800. The number of β-amino-alcohol motifs (C(OH)–C–C–N with tert-alkyl or cyclic N) is 1. The summed E-state index contributed by atoms with van der Waals surface area (Å²) in [7, 11) is 0. The minimum Gasteiger partial charge on any atom is -0.396 e. The van der Waals surface area contributed by atoms with Crippen LogP contribution in [0, 0.1) is 0 Å². The lowest BCUT2D eigenvalue weighted by Gasteiger charge is -2.23. The van der Waals surface area contributed by atoms with Gasteiger partial charge in [-0.25, -0.2) is 0 Å². The number of hydrogen-bond acceptors (Lipinski definition) is 3. The van der Waals surface area contributed by atoms with Crippen LogP contribution in [-0.2, 0) is 0 Å². The Morgan fingerprint density at radius 3 is 2.83 bits per heavy atom. The van der Waals surface area contributed by atoms with Crippen molar-refractivity contribution in [1.82, 2.24) is 4.90 Å². The summed E-state index contributed by atoms with van der Waals surface area (Å²) in [5.41, 5.74) is 1.22. The van der Waals surface area contributed by atoms with Gasteiger partial charge in [-0.2, -0.15) is 0 Å². The van der Waals surface area contributed by atoms with Gasteiger partial charge in [-0.05, 0) is 24.3 Å². The zero-order valence-corrected chi connectivity index (χ0v) is 7.11. The Balaban J connectivity index is 2.38. The van der Waals surface area contributed by atoms with Gasteiger partial charge in [0.15, 0.2) is 0 Å². The van der Waals surface area contributed by atoms with Gasteiger partial charge in [0.25, 0.3) is 0 Å². The number of rotatable bonds is 4. The van der Waals surface area contributed by atoms with Gasteiger partial charge in [0.2, 0.25) is 0 Å². The molecule has 2 N–H and O–H groups in total. The predicted octanol–water partition coefficient (Wildman–Crippen LogP) is 0.117. The molecule has 0 aromatic rings. The quantitative estimate of drug-likeness (QED) is 0.628. The van der Waals surface area contributed by atoms with E-state index in [1.807, 2.05) is 23.3 Å². The van der Waals surface area contributed by atoms with Crippen LogP contribution in [0.4, 0.5) is 0 Å². The molecular formula is C9H15NO2. The maximum Gasteiger partial charge on any atom is 0.0606 e. The van der Waals surface area contributed by atoms with Crippen molar-refractivity contribution >= 4 is 0 Å². The maximum atomic E-state index is 8.70. The second-order valence-electron chi connectivity index (χ2n) is 2.83. The standard InChI is InChI=1S/C9H15NO2/c11-6-3-9-2-1-4-10(8-9)5-7-12/h1-2,4,11-12H,3,5-8H2. The van der Waals surface area contributed by atoms with Gasteiger partial charge in [0, 0.05) is 19.7 Å². The molecule has 12 heavy (non-hydrogen) atoms. The van der Waals surface area contributed by atoms with Gasteiger partial charge >= 0.3 is 0 Å². The third kappa shape index (κ3) is 2.68. The molecule has 0 atom stereocenters.